The molecule has 1 aromatic heterocycles. The largest absolute Gasteiger partial charge is 0.370 e. The van der Waals surface area contributed by atoms with Gasteiger partial charge in [0.2, 0.25) is 0 Å². The highest BCUT2D eigenvalue weighted by Gasteiger charge is 2.12. The second kappa shape index (κ2) is 7.24. The molecule has 20 heavy (non-hydrogen) atoms. The number of aromatic nitrogens is 1. The van der Waals surface area contributed by atoms with Crippen LogP contribution in [0.25, 0.3) is 0 Å². The Labute approximate surface area is 120 Å². The van der Waals surface area contributed by atoms with Crippen molar-refractivity contribution in [2.75, 3.05) is 38.0 Å². The molecule has 1 amide bonds. The molecule has 0 spiro atoms. The van der Waals surface area contributed by atoms with Crippen molar-refractivity contribution in [1.82, 2.24) is 15.2 Å². The fourth-order valence-electron chi connectivity index (χ4n) is 2.51. The van der Waals surface area contributed by atoms with Gasteiger partial charge in [-0.3, -0.25) is 4.79 Å². The van der Waals surface area contributed by atoms with Gasteiger partial charge in [0, 0.05) is 30.9 Å². The third-order valence-corrected chi connectivity index (χ3v) is 3.49. The normalized spacial score (nSPS) is 15.3. The van der Waals surface area contributed by atoms with Gasteiger partial charge in [-0.2, -0.15) is 0 Å². The number of nitrogens with one attached hydrogen (secondary N) is 2. The van der Waals surface area contributed by atoms with E-state index in [1.54, 1.807) is 0 Å². The number of hydrogen-bond donors (Lipinski definition) is 2. The van der Waals surface area contributed by atoms with Gasteiger partial charge in [-0.15, -0.1) is 0 Å². The Hall–Kier alpha value is -1.62. The van der Waals surface area contributed by atoms with Crippen LogP contribution in [0.2, 0.25) is 0 Å². The molecule has 0 aromatic carbocycles. The van der Waals surface area contributed by atoms with E-state index >= 15 is 0 Å². The summed E-state index contributed by atoms with van der Waals surface area (Å²) in [6, 6.07) is 3.63. The molecule has 0 bridgehead atoms. The van der Waals surface area contributed by atoms with Crippen molar-refractivity contribution in [3.8, 4) is 0 Å². The van der Waals surface area contributed by atoms with Crippen LogP contribution in [0.15, 0.2) is 12.1 Å². The summed E-state index contributed by atoms with van der Waals surface area (Å²) in [6.07, 6.45) is 2.56. The van der Waals surface area contributed by atoms with Crippen molar-refractivity contribution < 1.29 is 4.79 Å². The molecule has 5 heteroatoms. The van der Waals surface area contributed by atoms with Crippen molar-refractivity contribution in [2.45, 2.75) is 26.7 Å². The average molecular weight is 276 g/mol. The molecular formula is C15H24N4O. The Morgan fingerprint density at radius 2 is 2.10 bits per heavy atom. The molecule has 0 unspecified atom stereocenters. The van der Waals surface area contributed by atoms with E-state index in [0.29, 0.717) is 12.1 Å². The van der Waals surface area contributed by atoms with Crippen LogP contribution in [0.5, 0.6) is 0 Å². The Kier molecular flexibility index (Phi) is 5.35. The van der Waals surface area contributed by atoms with Gasteiger partial charge in [0.05, 0.1) is 0 Å². The van der Waals surface area contributed by atoms with Gasteiger partial charge in [0.25, 0.3) is 5.91 Å². The van der Waals surface area contributed by atoms with Crippen molar-refractivity contribution in [3.05, 3.63) is 23.4 Å². The minimum absolute atomic E-state index is 0.0196. The first-order valence-electron chi connectivity index (χ1n) is 7.42. The minimum atomic E-state index is -0.0196. The standard InChI is InChI=1S/C15H24N4O/c1-3-16-14-11-13(10-12(2)18-14)15(20)17-6-9-19-7-4-5-8-19/h10-11H,3-9H2,1-2H3,(H,16,18)(H,17,20). The zero-order valence-electron chi connectivity index (χ0n) is 12.4. The van der Waals surface area contributed by atoms with Gasteiger partial charge in [-0.1, -0.05) is 0 Å². The Morgan fingerprint density at radius 1 is 1.35 bits per heavy atom. The van der Waals surface area contributed by atoms with Crippen LogP contribution in [-0.2, 0) is 0 Å². The van der Waals surface area contributed by atoms with E-state index in [4.69, 9.17) is 0 Å². The van der Waals surface area contributed by atoms with Gasteiger partial charge in [-0.25, -0.2) is 4.98 Å². The Balaban J connectivity index is 1.87. The number of anilines is 1. The first kappa shape index (κ1) is 14.8. The molecule has 0 aliphatic carbocycles. The Bertz CT molecular complexity index is 455. The van der Waals surface area contributed by atoms with E-state index in [-0.39, 0.29) is 5.91 Å². The molecule has 1 saturated heterocycles. The Morgan fingerprint density at radius 3 is 2.80 bits per heavy atom. The second-order valence-electron chi connectivity index (χ2n) is 5.22. The summed E-state index contributed by atoms with van der Waals surface area (Å²) in [7, 11) is 0. The van der Waals surface area contributed by atoms with Crippen LogP contribution in [-0.4, -0.2) is 48.5 Å². The van der Waals surface area contributed by atoms with Crippen LogP contribution in [0.3, 0.4) is 0 Å². The summed E-state index contributed by atoms with van der Waals surface area (Å²) in [6.45, 7) is 8.68. The molecule has 0 radical (unpaired) electrons. The number of rotatable bonds is 6. The first-order chi connectivity index (χ1) is 9.69. The molecule has 1 aliphatic heterocycles. The number of amides is 1. The van der Waals surface area contributed by atoms with E-state index in [1.807, 2.05) is 26.0 Å². The van der Waals surface area contributed by atoms with Crippen molar-refractivity contribution in [1.29, 1.82) is 0 Å². The molecule has 1 fully saturated rings. The fraction of sp³-hybridized carbons (Fsp3) is 0.600. The molecule has 1 aliphatic rings. The molecule has 0 atom stereocenters. The van der Waals surface area contributed by atoms with Gasteiger partial charge in [0.1, 0.15) is 5.82 Å². The summed E-state index contributed by atoms with van der Waals surface area (Å²) in [4.78, 5) is 18.9. The number of carbonyl (C=O) groups excluding carboxylic acids is 1. The predicted molar refractivity (Wildman–Crippen MR) is 81.1 cm³/mol. The number of pyridine rings is 1. The van der Waals surface area contributed by atoms with Crippen LogP contribution in [0, 0.1) is 6.92 Å². The summed E-state index contributed by atoms with van der Waals surface area (Å²) >= 11 is 0. The third kappa shape index (κ3) is 4.20. The first-order valence-corrected chi connectivity index (χ1v) is 7.42. The number of aryl methyl sites for hydroxylation is 1. The SMILES string of the molecule is CCNc1cc(C(=O)NCCN2CCCC2)cc(C)n1. The van der Waals surface area contributed by atoms with Crippen LogP contribution >= 0.6 is 0 Å². The zero-order valence-corrected chi connectivity index (χ0v) is 12.4. The lowest BCUT2D eigenvalue weighted by atomic mass is 10.2. The van der Waals surface area contributed by atoms with Gasteiger partial charge < -0.3 is 15.5 Å². The maximum atomic E-state index is 12.1. The number of likely N-dealkylation sites (tertiary alicyclic amines) is 1. The smallest absolute Gasteiger partial charge is 0.251 e. The summed E-state index contributed by atoms with van der Waals surface area (Å²) in [5, 5.41) is 6.13. The van der Waals surface area contributed by atoms with Crippen molar-refractivity contribution in [3.63, 3.8) is 0 Å². The van der Waals surface area contributed by atoms with Crippen molar-refractivity contribution in [2.24, 2.45) is 0 Å². The lowest BCUT2D eigenvalue weighted by molar-refractivity contribution is 0.0949. The monoisotopic (exact) mass is 276 g/mol. The van der Waals surface area contributed by atoms with Crippen LogP contribution < -0.4 is 10.6 Å². The number of hydrogen-bond acceptors (Lipinski definition) is 4. The summed E-state index contributed by atoms with van der Waals surface area (Å²) < 4.78 is 0. The molecule has 110 valence electrons. The van der Waals surface area contributed by atoms with Gasteiger partial charge in [-0.05, 0) is 51.9 Å². The number of carbonyl (C=O) groups is 1. The highest BCUT2D eigenvalue weighted by molar-refractivity contribution is 5.95. The summed E-state index contributed by atoms with van der Waals surface area (Å²) in [5.41, 5.74) is 1.53. The lowest BCUT2D eigenvalue weighted by Crippen LogP contribution is -2.33. The molecular weight excluding hydrogens is 252 g/mol. The molecule has 0 saturated carbocycles. The van der Waals surface area contributed by atoms with E-state index in [2.05, 4.69) is 20.5 Å². The summed E-state index contributed by atoms with van der Waals surface area (Å²) in [5.74, 6) is 0.742. The van der Waals surface area contributed by atoms with E-state index in [1.165, 1.54) is 12.8 Å². The lowest BCUT2D eigenvalue weighted by Gasteiger charge is -2.15. The van der Waals surface area contributed by atoms with Gasteiger partial charge >= 0.3 is 0 Å². The van der Waals surface area contributed by atoms with Gasteiger partial charge in [0.15, 0.2) is 0 Å². The zero-order chi connectivity index (χ0) is 14.4. The molecule has 2 rings (SSSR count). The topological polar surface area (TPSA) is 57.3 Å². The second-order valence-corrected chi connectivity index (χ2v) is 5.22. The molecule has 1 aromatic rings. The van der Waals surface area contributed by atoms with E-state index in [0.717, 1.165) is 37.7 Å². The maximum absolute atomic E-state index is 12.1. The van der Waals surface area contributed by atoms with E-state index < -0.39 is 0 Å². The highest BCUT2D eigenvalue weighted by Crippen LogP contribution is 2.10. The van der Waals surface area contributed by atoms with Crippen LogP contribution in [0.4, 0.5) is 5.82 Å². The molecule has 2 N–H and O–H groups in total. The predicted octanol–water partition coefficient (Wildman–Crippen LogP) is 1.65. The minimum Gasteiger partial charge on any atom is -0.370 e. The van der Waals surface area contributed by atoms with E-state index in [9.17, 15) is 4.79 Å². The maximum Gasteiger partial charge on any atom is 0.251 e. The quantitative estimate of drug-likeness (QED) is 0.829. The molecule has 2 heterocycles. The highest BCUT2D eigenvalue weighted by atomic mass is 16.1. The van der Waals surface area contributed by atoms with Crippen LogP contribution in [0.1, 0.15) is 35.8 Å². The number of nitrogens with zero attached hydrogens (tertiary/aromatic N) is 2. The average Bonchev–Trinajstić information content (AvgIpc) is 2.91. The fourth-order valence-corrected chi connectivity index (χ4v) is 2.51. The van der Waals surface area contributed by atoms with Crippen molar-refractivity contribution >= 4 is 11.7 Å². The molecule has 5 nitrogen and oxygen atoms in total. The third-order valence-electron chi connectivity index (χ3n) is 3.49.